The van der Waals surface area contributed by atoms with Gasteiger partial charge in [-0.25, -0.2) is 15.0 Å². The molecule has 1 aliphatic rings. The summed E-state index contributed by atoms with van der Waals surface area (Å²) in [5, 5.41) is 13.1. The summed E-state index contributed by atoms with van der Waals surface area (Å²) < 4.78 is 0.947. The smallest absolute Gasteiger partial charge is 0.309 e. The third-order valence-corrected chi connectivity index (χ3v) is 8.03. The molecule has 9 nitrogen and oxygen atoms in total. The van der Waals surface area contributed by atoms with Crippen LogP contribution in [0, 0.1) is 5.41 Å². The Kier molecular flexibility index (Phi) is 7.33. The Balaban J connectivity index is 1.46. The van der Waals surface area contributed by atoms with Crippen LogP contribution in [-0.2, 0) is 9.59 Å². The zero-order valence-electron chi connectivity index (χ0n) is 21.5. The molecule has 1 saturated heterocycles. The summed E-state index contributed by atoms with van der Waals surface area (Å²) in [6.45, 7) is 5.11. The number of benzene rings is 1. The Hall–Kier alpha value is -3.92. The SMILES string of the molecule is CCCC(=O)Nc1nc2cc(-c3cnc(N4CCCC(C)(C(=O)O)CC4)nc3)cc(-c3ccccn3)c2s1. The Morgan fingerprint density at radius 3 is 2.63 bits per heavy atom. The summed E-state index contributed by atoms with van der Waals surface area (Å²) in [7, 11) is 0. The number of thiazole rings is 1. The number of carboxylic acid groups (broad SMARTS) is 1. The van der Waals surface area contributed by atoms with Gasteiger partial charge >= 0.3 is 5.97 Å². The lowest BCUT2D eigenvalue weighted by atomic mass is 9.83. The number of nitrogens with one attached hydrogen (secondary N) is 1. The van der Waals surface area contributed by atoms with Gasteiger partial charge in [-0.2, -0.15) is 0 Å². The van der Waals surface area contributed by atoms with Crippen molar-refractivity contribution in [3.63, 3.8) is 0 Å². The Morgan fingerprint density at radius 2 is 1.92 bits per heavy atom. The van der Waals surface area contributed by atoms with E-state index in [4.69, 9.17) is 4.98 Å². The number of hydrogen-bond donors (Lipinski definition) is 2. The summed E-state index contributed by atoms with van der Waals surface area (Å²) in [4.78, 5) is 44.5. The van der Waals surface area contributed by atoms with Crippen molar-refractivity contribution in [3.05, 3.63) is 48.9 Å². The average molecular weight is 531 g/mol. The van der Waals surface area contributed by atoms with Crippen molar-refractivity contribution in [2.45, 2.75) is 46.0 Å². The van der Waals surface area contributed by atoms with Crippen LogP contribution in [0.4, 0.5) is 11.1 Å². The number of hydrogen-bond acceptors (Lipinski definition) is 8. The zero-order chi connectivity index (χ0) is 26.7. The zero-order valence-corrected chi connectivity index (χ0v) is 22.3. The lowest BCUT2D eigenvalue weighted by molar-refractivity contribution is -0.148. The lowest BCUT2D eigenvalue weighted by Crippen LogP contribution is -2.30. The first-order valence-corrected chi connectivity index (χ1v) is 13.6. The number of nitrogens with zero attached hydrogens (tertiary/aromatic N) is 5. The first kappa shape index (κ1) is 25.7. The second-order valence-electron chi connectivity index (χ2n) is 9.88. The van der Waals surface area contributed by atoms with Crippen molar-refractivity contribution in [2.75, 3.05) is 23.3 Å². The molecule has 10 heteroatoms. The van der Waals surface area contributed by atoms with Gasteiger partial charge in [-0.3, -0.25) is 14.6 Å². The van der Waals surface area contributed by atoms with Crippen LogP contribution in [0.25, 0.3) is 32.6 Å². The van der Waals surface area contributed by atoms with Crippen LogP contribution in [0.5, 0.6) is 0 Å². The number of rotatable bonds is 7. The second-order valence-corrected chi connectivity index (χ2v) is 10.9. The Morgan fingerprint density at radius 1 is 1.11 bits per heavy atom. The first-order valence-electron chi connectivity index (χ1n) is 12.8. The molecule has 4 heterocycles. The van der Waals surface area contributed by atoms with Gasteiger partial charge in [0.2, 0.25) is 11.9 Å². The van der Waals surface area contributed by atoms with Gasteiger partial charge in [0.1, 0.15) is 0 Å². The fraction of sp³-hybridized carbons (Fsp3) is 0.357. The van der Waals surface area contributed by atoms with Crippen LogP contribution in [0.15, 0.2) is 48.9 Å². The molecule has 1 amide bonds. The number of fused-ring (bicyclic) bond motifs is 1. The number of anilines is 2. The van der Waals surface area contributed by atoms with Gasteiger partial charge in [-0.1, -0.05) is 24.3 Å². The van der Waals surface area contributed by atoms with Gasteiger partial charge in [0.25, 0.3) is 0 Å². The molecule has 0 aliphatic carbocycles. The number of pyridine rings is 1. The van der Waals surface area contributed by atoms with Crippen molar-refractivity contribution in [1.29, 1.82) is 0 Å². The molecular formula is C28H30N6O3S. The third-order valence-electron chi connectivity index (χ3n) is 7.02. The predicted octanol–water partition coefficient (Wildman–Crippen LogP) is 5.64. The topological polar surface area (TPSA) is 121 Å². The third kappa shape index (κ3) is 5.35. The fourth-order valence-electron chi connectivity index (χ4n) is 4.70. The molecule has 0 spiro atoms. The molecule has 1 atom stereocenters. The summed E-state index contributed by atoms with van der Waals surface area (Å²) in [5.74, 6) is -0.193. The normalized spacial score (nSPS) is 17.8. The van der Waals surface area contributed by atoms with Gasteiger partial charge in [0, 0.05) is 49.2 Å². The van der Waals surface area contributed by atoms with Gasteiger partial charge in [-0.05, 0) is 62.4 Å². The maximum Gasteiger partial charge on any atom is 0.309 e. The minimum atomic E-state index is -0.746. The van der Waals surface area contributed by atoms with Gasteiger partial charge in [0.15, 0.2) is 5.13 Å². The van der Waals surface area contributed by atoms with Crippen LogP contribution in [0.1, 0.15) is 46.0 Å². The Labute approximate surface area is 225 Å². The van der Waals surface area contributed by atoms with E-state index in [2.05, 4.69) is 31.2 Å². The molecule has 1 fully saturated rings. The van der Waals surface area contributed by atoms with Crippen molar-refractivity contribution < 1.29 is 14.7 Å². The number of carbonyl (C=O) groups excluding carboxylic acids is 1. The van der Waals surface area contributed by atoms with E-state index in [0.717, 1.165) is 52.0 Å². The van der Waals surface area contributed by atoms with Crippen molar-refractivity contribution >= 4 is 44.5 Å². The molecule has 0 bridgehead atoms. The number of aliphatic carboxylic acids is 1. The highest BCUT2D eigenvalue weighted by Gasteiger charge is 2.35. The van der Waals surface area contributed by atoms with Gasteiger partial charge in [-0.15, -0.1) is 0 Å². The highest BCUT2D eigenvalue weighted by atomic mass is 32.1. The molecule has 0 saturated carbocycles. The second kappa shape index (κ2) is 10.8. The van der Waals surface area contributed by atoms with E-state index in [0.29, 0.717) is 36.9 Å². The van der Waals surface area contributed by atoms with Crippen LogP contribution in [-0.4, -0.2) is 50.0 Å². The molecule has 3 aromatic heterocycles. The molecule has 2 N–H and O–H groups in total. The van der Waals surface area contributed by atoms with Crippen LogP contribution in [0.2, 0.25) is 0 Å². The summed E-state index contributed by atoms with van der Waals surface area (Å²) >= 11 is 1.44. The fourth-order valence-corrected chi connectivity index (χ4v) is 5.68. The maximum absolute atomic E-state index is 12.2. The molecule has 1 aromatic carbocycles. The molecule has 5 rings (SSSR count). The minimum Gasteiger partial charge on any atom is -0.481 e. The van der Waals surface area contributed by atoms with Crippen LogP contribution >= 0.6 is 11.3 Å². The van der Waals surface area contributed by atoms with Crippen molar-refractivity contribution in [3.8, 4) is 22.4 Å². The molecule has 0 radical (unpaired) electrons. The molecular weight excluding hydrogens is 500 g/mol. The van der Waals surface area contributed by atoms with E-state index in [1.165, 1.54) is 11.3 Å². The highest BCUT2D eigenvalue weighted by Crippen LogP contribution is 2.38. The molecule has 38 heavy (non-hydrogen) atoms. The Bertz CT molecular complexity index is 1460. The molecule has 196 valence electrons. The number of aromatic nitrogens is 4. The van der Waals surface area contributed by atoms with E-state index in [1.807, 2.05) is 38.1 Å². The van der Waals surface area contributed by atoms with E-state index in [9.17, 15) is 14.7 Å². The number of carbonyl (C=O) groups is 2. The largest absolute Gasteiger partial charge is 0.481 e. The summed E-state index contributed by atoms with van der Waals surface area (Å²) in [5.41, 5.74) is 3.53. The standard InChI is InChI=1S/C28H30N6O3S/c1-3-7-23(35)33-27-32-22-15-18(14-20(24(22)38-27)21-8-4-5-11-29-21)19-16-30-26(31-17-19)34-12-6-9-28(2,10-13-34)25(36)37/h4-5,8,11,14-17H,3,6-7,9-10,12-13H2,1-2H3,(H,36,37)(H,32,33,35). The monoisotopic (exact) mass is 530 g/mol. The van der Waals surface area contributed by atoms with Gasteiger partial charge < -0.3 is 15.3 Å². The van der Waals surface area contributed by atoms with Crippen molar-refractivity contribution in [1.82, 2.24) is 19.9 Å². The van der Waals surface area contributed by atoms with Crippen molar-refractivity contribution in [2.24, 2.45) is 5.41 Å². The van der Waals surface area contributed by atoms with E-state index in [1.54, 1.807) is 18.6 Å². The maximum atomic E-state index is 12.2. The quantitative estimate of drug-likeness (QED) is 0.315. The number of carboxylic acids is 1. The predicted molar refractivity (Wildman–Crippen MR) is 149 cm³/mol. The average Bonchev–Trinajstić information content (AvgIpc) is 3.21. The first-order chi connectivity index (χ1) is 18.4. The molecule has 4 aromatic rings. The lowest BCUT2D eigenvalue weighted by Gasteiger charge is -2.23. The summed E-state index contributed by atoms with van der Waals surface area (Å²) in [6, 6.07) is 9.82. The van der Waals surface area contributed by atoms with Crippen LogP contribution in [0.3, 0.4) is 0 Å². The molecule has 1 unspecified atom stereocenters. The number of amides is 1. The summed E-state index contributed by atoms with van der Waals surface area (Å²) in [6.07, 6.45) is 8.54. The van der Waals surface area contributed by atoms with Crippen LogP contribution < -0.4 is 10.2 Å². The molecule has 1 aliphatic heterocycles. The van der Waals surface area contributed by atoms with Gasteiger partial charge in [0.05, 0.1) is 21.3 Å². The highest BCUT2D eigenvalue weighted by molar-refractivity contribution is 7.22. The van der Waals surface area contributed by atoms with E-state index < -0.39 is 11.4 Å². The van der Waals surface area contributed by atoms with E-state index >= 15 is 0 Å². The minimum absolute atomic E-state index is 0.0488. The van der Waals surface area contributed by atoms with E-state index in [-0.39, 0.29) is 5.91 Å².